The van der Waals surface area contributed by atoms with E-state index in [1.165, 1.54) is 12.1 Å². The van der Waals surface area contributed by atoms with Crippen LogP contribution in [0.25, 0.3) is 0 Å². The summed E-state index contributed by atoms with van der Waals surface area (Å²) in [6.45, 7) is 1.88. The number of carbonyl (C=O) groups is 1. The summed E-state index contributed by atoms with van der Waals surface area (Å²) in [5.74, 6) is 0. The maximum absolute atomic E-state index is 12.0. The summed E-state index contributed by atoms with van der Waals surface area (Å²) in [6, 6.07) is 6.52. The van der Waals surface area contributed by atoms with Gasteiger partial charge in [0.05, 0.1) is 4.90 Å². The van der Waals surface area contributed by atoms with Gasteiger partial charge in [-0.3, -0.25) is 0 Å². The average Bonchev–Trinajstić information content (AvgIpc) is 2.34. The molecule has 3 aliphatic rings. The molecule has 8 heteroatoms. The van der Waals surface area contributed by atoms with Gasteiger partial charge in [-0.2, -0.15) is 13.5 Å². The largest absolute Gasteiger partial charge is 0.443 e. The zero-order chi connectivity index (χ0) is 16.0. The minimum atomic E-state index is -3.65. The summed E-state index contributed by atoms with van der Waals surface area (Å²) in [6.07, 6.45) is 2.73. The number of ether oxygens (including phenoxy) is 1. The van der Waals surface area contributed by atoms with Crippen LogP contribution in [0, 0.1) is 12.3 Å². The van der Waals surface area contributed by atoms with Crippen molar-refractivity contribution in [3.05, 3.63) is 29.8 Å². The Labute approximate surface area is 128 Å². The molecule has 0 saturated heterocycles. The Hall–Kier alpha value is -2.09. The van der Waals surface area contributed by atoms with Crippen LogP contribution in [0.5, 0.6) is 0 Å². The van der Waals surface area contributed by atoms with E-state index in [2.05, 4.69) is 9.93 Å². The fourth-order valence-corrected chi connectivity index (χ4v) is 4.02. The molecule has 0 aromatic heterocycles. The molecule has 0 spiro atoms. The molecule has 2 bridgehead atoms. The number of benzene rings is 1. The molecule has 118 valence electrons. The molecule has 3 fully saturated rings. The molecule has 0 heterocycles. The number of aryl methyl sites for hydroxylation is 1. The predicted molar refractivity (Wildman–Crippen MR) is 79.7 cm³/mol. The van der Waals surface area contributed by atoms with Crippen molar-refractivity contribution in [2.45, 2.75) is 36.7 Å². The second-order valence-electron chi connectivity index (χ2n) is 6.16. The van der Waals surface area contributed by atoms with E-state index in [1.807, 2.05) is 6.92 Å². The number of amides is 1. The zero-order valence-electron chi connectivity index (χ0n) is 12.1. The molecule has 1 amide bonds. The minimum absolute atomic E-state index is 0.168. The molecule has 3 aliphatic carbocycles. The van der Waals surface area contributed by atoms with Gasteiger partial charge in [0.2, 0.25) is 0 Å². The average molecular weight is 323 g/mol. The van der Waals surface area contributed by atoms with Crippen molar-refractivity contribution in [3.8, 4) is 0 Å². The third-order valence-electron chi connectivity index (χ3n) is 4.18. The number of hydrogen-bond donors (Lipinski definition) is 2. The summed E-state index contributed by atoms with van der Waals surface area (Å²) in [4.78, 5) is 13.1. The van der Waals surface area contributed by atoms with Crippen LogP contribution in [0.4, 0.5) is 4.79 Å². The van der Waals surface area contributed by atoms with E-state index in [4.69, 9.17) is 10.5 Å². The van der Waals surface area contributed by atoms with E-state index in [1.54, 1.807) is 18.3 Å². The maximum atomic E-state index is 12.0. The predicted octanol–water partition coefficient (Wildman–Crippen LogP) is 1.28. The highest BCUT2D eigenvalue weighted by atomic mass is 32.2. The molecule has 1 aromatic rings. The first-order valence-electron chi connectivity index (χ1n) is 6.86. The minimum Gasteiger partial charge on any atom is -0.443 e. The number of sulfonamides is 1. The highest BCUT2D eigenvalue weighted by molar-refractivity contribution is 7.89. The van der Waals surface area contributed by atoms with Crippen molar-refractivity contribution in [2.24, 2.45) is 16.3 Å². The molecule has 3 N–H and O–H groups in total. The lowest BCUT2D eigenvalue weighted by Crippen LogP contribution is -2.69. The van der Waals surface area contributed by atoms with Gasteiger partial charge in [-0.15, -0.1) is 0 Å². The molecular formula is C14H17N3O4S. The molecule has 3 saturated carbocycles. The normalized spacial score (nSPS) is 29.5. The van der Waals surface area contributed by atoms with Gasteiger partial charge in [-0.25, -0.2) is 9.63 Å². The standard InChI is InChI=1S/C14H17N3O4S/c1-10-2-4-11(5-3-10)22(19,20)17-16-9-13-6-14(7-13,8-13)21-12(15)18/h2-5,9,17H,6-8H2,1H3,(H2,15,18). The number of nitrogens with two attached hydrogens (primary N) is 1. The third kappa shape index (κ3) is 2.54. The molecule has 22 heavy (non-hydrogen) atoms. The van der Waals surface area contributed by atoms with Gasteiger partial charge in [-0.05, 0) is 38.3 Å². The van der Waals surface area contributed by atoms with Crippen molar-refractivity contribution < 1.29 is 17.9 Å². The molecule has 0 atom stereocenters. The number of primary amides is 1. The SMILES string of the molecule is Cc1ccc(S(=O)(=O)NN=CC23CC(OC(N)=O)(C2)C3)cc1. The van der Waals surface area contributed by atoms with Gasteiger partial charge in [0, 0.05) is 11.6 Å². The monoisotopic (exact) mass is 323 g/mol. The lowest BCUT2D eigenvalue weighted by atomic mass is 9.41. The van der Waals surface area contributed by atoms with Crippen LogP contribution in [0.1, 0.15) is 24.8 Å². The van der Waals surface area contributed by atoms with E-state index in [0.29, 0.717) is 19.3 Å². The first-order valence-corrected chi connectivity index (χ1v) is 8.34. The fraction of sp³-hybridized carbons (Fsp3) is 0.429. The Bertz CT molecular complexity index is 720. The van der Waals surface area contributed by atoms with Crippen LogP contribution in [0.3, 0.4) is 0 Å². The van der Waals surface area contributed by atoms with Crippen molar-refractivity contribution in [2.75, 3.05) is 0 Å². The summed E-state index contributed by atoms with van der Waals surface area (Å²) < 4.78 is 29.1. The topological polar surface area (TPSA) is 111 Å². The first kappa shape index (κ1) is 14.8. The molecular weight excluding hydrogens is 306 g/mol. The van der Waals surface area contributed by atoms with Crippen molar-refractivity contribution in [1.82, 2.24) is 4.83 Å². The molecule has 0 radical (unpaired) electrons. The third-order valence-corrected chi connectivity index (χ3v) is 5.42. The molecule has 4 rings (SSSR count). The van der Waals surface area contributed by atoms with Gasteiger partial charge in [0.15, 0.2) is 0 Å². The van der Waals surface area contributed by atoms with Gasteiger partial charge in [-0.1, -0.05) is 17.7 Å². The van der Waals surface area contributed by atoms with E-state index >= 15 is 0 Å². The zero-order valence-corrected chi connectivity index (χ0v) is 12.9. The summed E-state index contributed by atoms with van der Waals surface area (Å²) in [7, 11) is -3.65. The van der Waals surface area contributed by atoms with Crippen LogP contribution in [-0.4, -0.2) is 26.3 Å². The van der Waals surface area contributed by atoms with E-state index in [-0.39, 0.29) is 10.3 Å². The number of rotatable bonds is 5. The van der Waals surface area contributed by atoms with E-state index in [9.17, 15) is 13.2 Å². The smallest absolute Gasteiger partial charge is 0.405 e. The van der Waals surface area contributed by atoms with E-state index < -0.39 is 21.7 Å². The molecule has 0 unspecified atom stereocenters. The van der Waals surface area contributed by atoms with Crippen LogP contribution >= 0.6 is 0 Å². The Morgan fingerprint density at radius 2 is 1.91 bits per heavy atom. The Morgan fingerprint density at radius 1 is 1.32 bits per heavy atom. The number of hydrazone groups is 1. The molecule has 1 aromatic carbocycles. The number of hydrogen-bond acceptors (Lipinski definition) is 5. The lowest BCUT2D eigenvalue weighted by molar-refractivity contribution is -0.217. The highest BCUT2D eigenvalue weighted by Gasteiger charge is 2.70. The van der Waals surface area contributed by atoms with Crippen molar-refractivity contribution >= 4 is 22.3 Å². The maximum Gasteiger partial charge on any atom is 0.405 e. The van der Waals surface area contributed by atoms with Crippen LogP contribution in [-0.2, 0) is 14.8 Å². The number of nitrogens with one attached hydrogen (secondary N) is 1. The summed E-state index contributed by atoms with van der Waals surface area (Å²) in [5.41, 5.74) is 5.36. The number of carbonyl (C=O) groups excluding carboxylic acids is 1. The summed E-state index contributed by atoms with van der Waals surface area (Å²) in [5, 5.41) is 3.85. The van der Waals surface area contributed by atoms with Crippen LogP contribution < -0.4 is 10.6 Å². The van der Waals surface area contributed by atoms with Crippen LogP contribution in [0.2, 0.25) is 0 Å². The van der Waals surface area contributed by atoms with E-state index in [0.717, 1.165) is 5.56 Å². The summed E-state index contributed by atoms with van der Waals surface area (Å²) >= 11 is 0. The second-order valence-corrected chi connectivity index (χ2v) is 7.82. The fourth-order valence-electron chi connectivity index (χ4n) is 3.23. The first-order chi connectivity index (χ1) is 10.2. The van der Waals surface area contributed by atoms with Gasteiger partial charge in [0.1, 0.15) is 5.60 Å². The quantitative estimate of drug-likeness (QED) is 0.628. The Morgan fingerprint density at radius 3 is 2.45 bits per heavy atom. The van der Waals surface area contributed by atoms with Gasteiger partial charge < -0.3 is 10.5 Å². The van der Waals surface area contributed by atoms with Crippen LogP contribution in [0.15, 0.2) is 34.3 Å². The van der Waals surface area contributed by atoms with Gasteiger partial charge >= 0.3 is 6.09 Å². The highest BCUT2D eigenvalue weighted by Crippen LogP contribution is 2.68. The second kappa shape index (κ2) is 4.70. The Balaban J connectivity index is 1.58. The Kier molecular flexibility index (Phi) is 3.17. The number of nitrogens with zero attached hydrogens (tertiary/aromatic N) is 1. The molecule has 7 nitrogen and oxygen atoms in total. The van der Waals surface area contributed by atoms with Gasteiger partial charge in [0.25, 0.3) is 10.0 Å². The molecule has 0 aliphatic heterocycles. The van der Waals surface area contributed by atoms with Crippen molar-refractivity contribution in [1.29, 1.82) is 0 Å². The van der Waals surface area contributed by atoms with Crippen molar-refractivity contribution in [3.63, 3.8) is 0 Å². The lowest BCUT2D eigenvalue weighted by Gasteiger charge is -2.66.